The molecular weight excluding hydrogens is 224 g/mol. The minimum absolute atomic E-state index is 0.206. The van der Waals surface area contributed by atoms with E-state index >= 15 is 0 Å². The Balaban J connectivity index is 1.83. The van der Waals surface area contributed by atoms with Crippen molar-refractivity contribution < 1.29 is 4.79 Å². The normalized spacial score (nSPS) is 23.4. The van der Waals surface area contributed by atoms with E-state index in [1.807, 2.05) is 4.90 Å². The lowest BCUT2D eigenvalue weighted by Gasteiger charge is -2.36. The van der Waals surface area contributed by atoms with E-state index in [9.17, 15) is 4.79 Å². The van der Waals surface area contributed by atoms with Crippen LogP contribution in [0.2, 0.25) is 0 Å². The molecule has 0 unspecified atom stereocenters. The quantitative estimate of drug-likeness (QED) is 0.817. The van der Waals surface area contributed by atoms with Gasteiger partial charge in [0.2, 0.25) is 5.91 Å². The molecule has 0 saturated heterocycles. The van der Waals surface area contributed by atoms with E-state index < -0.39 is 0 Å². The molecule has 2 fully saturated rings. The summed E-state index contributed by atoms with van der Waals surface area (Å²) in [6, 6.07) is 0. The second-order valence-electron chi connectivity index (χ2n) is 6.33. The molecular formula is C15H28N2O. The zero-order valence-electron chi connectivity index (χ0n) is 11.8. The van der Waals surface area contributed by atoms with E-state index in [0.717, 1.165) is 31.8 Å². The predicted molar refractivity (Wildman–Crippen MR) is 74.2 cm³/mol. The highest BCUT2D eigenvalue weighted by atomic mass is 16.2. The van der Waals surface area contributed by atoms with E-state index in [1.54, 1.807) is 0 Å². The Morgan fingerprint density at radius 3 is 2.39 bits per heavy atom. The molecule has 0 atom stereocenters. The molecule has 0 bridgehead atoms. The van der Waals surface area contributed by atoms with Crippen LogP contribution in [0.3, 0.4) is 0 Å². The maximum atomic E-state index is 12.4. The number of hydrogen-bond donors (Lipinski definition) is 1. The Kier molecular flexibility index (Phi) is 4.66. The number of nitrogens with zero attached hydrogens (tertiary/aromatic N) is 1. The van der Waals surface area contributed by atoms with Crippen molar-refractivity contribution in [1.29, 1.82) is 0 Å². The Morgan fingerprint density at radius 1 is 1.22 bits per heavy atom. The SMILES string of the molecule is CCN(CC1CCC1)C(=O)CC1(N)CCCCC1. The van der Waals surface area contributed by atoms with Crippen molar-refractivity contribution in [3.05, 3.63) is 0 Å². The minimum Gasteiger partial charge on any atom is -0.343 e. The minimum atomic E-state index is -0.206. The number of rotatable bonds is 5. The zero-order chi connectivity index (χ0) is 13.0. The molecule has 0 aromatic heterocycles. The van der Waals surface area contributed by atoms with Crippen LogP contribution < -0.4 is 5.73 Å². The summed E-state index contributed by atoms with van der Waals surface area (Å²) in [5.74, 6) is 1.04. The molecule has 3 nitrogen and oxygen atoms in total. The van der Waals surface area contributed by atoms with Gasteiger partial charge in [0.15, 0.2) is 0 Å². The van der Waals surface area contributed by atoms with Gasteiger partial charge in [0, 0.05) is 25.0 Å². The fourth-order valence-corrected chi connectivity index (χ4v) is 3.24. The molecule has 2 N–H and O–H groups in total. The van der Waals surface area contributed by atoms with Gasteiger partial charge in [0.05, 0.1) is 0 Å². The fraction of sp³-hybridized carbons (Fsp3) is 0.933. The summed E-state index contributed by atoms with van der Waals surface area (Å²) in [7, 11) is 0. The first kappa shape index (κ1) is 13.9. The topological polar surface area (TPSA) is 46.3 Å². The lowest BCUT2D eigenvalue weighted by molar-refractivity contribution is -0.133. The number of carbonyl (C=O) groups is 1. The van der Waals surface area contributed by atoms with Gasteiger partial charge in [-0.05, 0) is 38.5 Å². The van der Waals surface area contributed by atoms with Crippen molar-refractivity contribution in [2.45, 2.75) is 70.3 Å². The average molecular weight is 252 g/mol. The van der Waals surface area contributed by atoms with Crippen molar-refractivity contribution in [3.8, 4) is 0 Å². The highest BCUT2D eigenvalue weighted by molar-refractivity contribution is 5.77. The second-order valence-corrected chi connectivity index (χ2v) is 6.33. The second kappa shape index (κ2) is 6.05. The third-order valence-corrected chi connectivity index (χ3v) is 4.79. The predicted octanol–water partition coefficient (Wildman–Crippen LogP) is 2.69. The Morgan fingerprint density at radius 2 is 1.89 bits per heavy atom. The van der Waals surface area contributed by atoms with Gasteiger partial charge in [0.1, 0.15) is 0 Å². The zero-order valence-corrected chi connectivity index (χ0v) is 11.8. The monoisotopic (exact) mass is 252 g/mol. The summed E-state index contributed by atoms with van der Waals surface area (Å²) in [6.07, 6.45) is 10.2. The summed E-state index contributed by atoms with van der Waals surface area (Å²) >= 11 is 0. The van der Waals surface area contributed by atoms with E-state index in [1.165, 1.54) is 38.5 Å². The maximum Gasteiger partial charge on any atom is 0.224 e. The molecule has 2 rings (SSSR count). The van der Waals surface area contributed by atoms with Crippen molar-refractivity contribution in [1.82, 2.24) is 4.90 Å². The Hall–Kier alpha value is -0.570. The van der Waals surface area contributed by atoms with Crippen LogP contribution in [-0.4, -0.2) is 29.4 Å². The summed E-state index contributed by atoms with van der Waals surface area (Å²) in [5, 5.41) is 0. The molecule has 0 spiro atoms. The molecule has 18 heavy (non-hydrogen) atoms. The lowest BCUT2D eigenvalue weighted by atomic mass is 9.79. The van der Waals surface area contributed by atoms with Crippen LogP contribution in [0.1, 0.15) is 64.7 Å². The highest BCUT2D eigenvalue weighted by Gasteiger charge is 2.32. The van der Waals surface area contributed by atoms with Gasteiger partial charge in [-0.2, -0.15) is 0 Å². The van der Waals surface area contributed by atoms with E-state index in [4.69, 9.17) is 5.73 Å². The molecule has 0 radical (unpaired) electrons. The van der Waals surface area contributed by atoms with Crippen LogP contribution in [0.5, 0.6) is 0 Å². The van der Waals surface area contributed by atoms with Gasteiger partial charge >= 0.3 is 0 Å². The summed E-state index contributed by atoms with van der Waals surface area (Å²) in [4.78, 5) is 14.4. The fourth-order valence-electron chi connectivity index (χ4n) is 3.24. The maximum absolute atomic E-state index is 12.4. The smallest absolute Gasteiger partial charge is 0.224 e. The first-order chi connectivity index (χ1) is 8.63. The number of nitrogens with two attached hydrogens (primary N) is 1. The molecule has 0 heterocycles. The van der Waals surface area contributed by atoms with Crippen LogP contribution in [0, 0.1) is 5.92 Å². The molecule has 3 heteroatoms. The van der Waals surface area contributed by atoms with Gasteiger partial charge in [-0.25, -0.2) is 0 Å². The van der Waals surface area contributed by atoms with Crippen LogP contribution in [-0.2, 0) is 4.79 Å². The molecule has 2 saturated carbocycles. The van der Waals surface area contributed by atoms with E-state index in [2.05, 4.69) is 6.92 Å². The van der Waals surface area contributed by atoms with Crippen LogP contribution in [0.25, 0.3) is 0 Å². The molecule has 0 aromatic carbocycles. The molecule has 2 aliphatic carbocycles. The third-order valence-electron chi connectivity index (χ3n) is 4.79. The van der Waals surface area contributed by atoms with Crippen molar-refractivity contribution in [3.63, 3.8) is 0 Å². The number of hydrogen-bond acceptors (Lipinski definition) is 2. The standard InChI is InChI=1S/C15H28N2O/c1-2-17(12-13-7-6-8-13)14(18)11-15(16)9-4-3-5-10-15/h13H,2-12,16H2,1H3. The van der Waals surface area contributed by atoms with Crippen LogP contribution in [0.15, 0.2) is 0 Å². The van der Waals surface area contributed by atoms with E-state index in [-0.39, 0.29) is 11.4 Å². The van der Waals surface area contributed by atoms with Gasteiger partial charge in [-0.1, -0.05) is 25.7 Å². The molecule has 2 aliphatic rings. The Labute approximate surface area is 111 Å². The highest BCUT2D eigenvalue weighted by Crippen LogP contribution is 2.30. The summed E-state index contributed by atoms with van der Waals surface area (Å²) in [5.41, 5.74) is 6.18. The van der Waals surface area contributed by atoms with Gasteiger partial charge in [0.25, 0.3) is 0 Å². The van der Waals surface area contributed by atoms with Crippen molar-refractivity contribution >= 4 is 5.91 Å². The molecule has 1 amide bonds. The lowest BCUT2D eigenvalue weighted by Crippen LogP contribution is -2.48. The van der Waals surface area contributed by atoms with Gasteiger partial charge in [-0.15, -0.1) is 0 Å². The first-order valence-electron chi connectivity index (χ1n) is 7.69. The number of amides is 1. The third kappa shape index (κ3) is 3.47. The van der Waals surface area contributed by atoms with Crippen LogP contribution >= 0.6 is 0 Å². The Bertz CT molecular complexity index is 280. The van der Waals surface area contributed by atoms with Gasteiger partial charge < -0.3 is 10.6 Å². The summed E-state index contributed by atoms with van der Waals surface area (Å²) < 4.78 is 0. The summed E-state index contributed by atoms with van der Waals surface area (Å²) in [6.45, 7) is 3.89. The van der Waals surface area contributed by atoms with Crippen LogP contribution in [0.4, 0.5) is 0 Å². The molecule has 104 valence electrons. The van der Waals surface area contributed by atoms with Gasteiger partial charge in [-0.3, -0.25) is 4.79 Å². The van der Waals surface area contributed by atoms with Crippen molar-refractivity contribution in [2.75, 3.05) is 13.1 Å². The number of carbonyl (C=O) groups excluding carboxylic acids is 1. The largest absolute Gasteiger partial charge is 0.343 e. The van der Waals surface area contributed by atoms with E-state index in [0.29, 0.717) is 6.42 Å². The molecule has 0 aromatic rings. The average Bonchev–Trinajstić information content (AvgIpc) is 2.28. The van der Waals surface area contributed by atoms with Crippen molar-refractivity contribution in [2.24, 2.45) is 11.7 Å². The molecule has 0 aliphatic heterocycles. The first-order valence-corrected chi connectivity index (χ1v) is 7.69.